The van der Waals surface area contributed by atoms with Gasteiger partial charge in [0.05, 0.1) is 17.6 Å². The van der Waals surface area contributed by atoms with Crippen LogP contribution in [0.2, 0.25) is 0 Å². The molecule has 142 valence electrons. The molecule has 0 spiro atoms. The second-order valence-electron chi connectivity index (χ2n) is 7.06. The van der Waals surface area contributed by atoms with Gasteiger partial charge in [0.2, 0.25) is 5.88 Å². The molecule has 0 saturated heterocycles. The number of fused-ring (bicyclic) bond motifs is 1. The van der Waals surface area contributed by atoms with E-state index in [2.05, 4.69) is 25.3 Å². The van der Waals surface area contributed by atoms with Crippen LogP contribution in [0, 0.1) is 5.82 Å². The number of halogens is 1. The van der Waals surface area contributed by atoms with Gasteiger partial charge in [-0.25, -0.2) is 9.37 Å². The topological polar surface area (TPSA) is 81.0 Å². The molecule has 0 aliphatic heterocycles. The summed E-state index contributed by atoms with van der Waals surface area (Å²) in [5.41, 5.74) is 2.75. The molecular weight excluding hydrogens is 359 g/mol. The van der Waals surface area contributed by atoms with Crippen molar-refractivity contribution in [2.75, 3.05) is 0 Å². The molecule has 7 nitrogen and oxygen atoms in total. The summed E-state index contributed by atoms with van der Waals surface area (Å²) in [6, 6.07) is 8.43. The van der Waals surface area contributed by atoms with E-state index in [1.165, 1.54) is 12.5 Å². The molecule has 0 radical (unpaired) electrons. The number of nitrogens with zero attached hydrogens (tertiary/aromatic N) is 5. The van der Waals surface area contributed by atoms with Crippen LogP contribution in [-0.2, 0) is 0 Å². The van der Waals surface area contributed by atoms with Crippen molar-refractivity contribution in [3.8, 4) is 17.3 Å². The van der Waals surface area contributed by atoms with Crippen LogP contribution >= 0.6 is 0 Å². The third-order valence-electron chi connectivity index (χ3n) is 5.27. The normalized spacial score (nSPS) is 15.5. The Morgan fingerprint density at radius 2 is 2.11 bits per heavy atom. The van der Waals surface area contributed by atoms with Gasteiger partial charge < -0.3 is 9.72 Å². The van der Waals surface area contributed by atoms with Crippen LogP contribution in [0.4, 0.5) is 4.39 Å². The molecule has 1 unspecified atom stereocenters. The summed E-state index contributed by atoms with van der Waals surface area (Å²) in [5.74, 6) is 0.900. The van der Waals surface area contributed by atoms with E-state index >= 15 is 0 Å². The molecule has 1 aliphatic rings. The molecular formula is C20H19FN6O. The molecule has 1 N–H and O–H groups in total. The van der Waals surface area contributed by atoms with Gasteiger partial charge in [-0.2, -0.15) is 4.52 Å². The number of imidazole rings is 1. The van der Waals surface area contributed by atoms with Gasteiger partial charge in [0.15, 0.2) is 11.5 Å². The lowest BCUT2D eigenvalue weighted by Gasteiger charge is -2.27. The average molecular weight is 378 g/mol. The van der Waals surface area contributed by atoms with Crippen LogP contribution in [0.1, 0.15) is 49.5 Å². The average Bonchev–Trinajstić information content (AvgIpc) is 3.31. The molecule has 28 heavy (non-hydrogen) atoms. The van der Waals surface area contributed by atoms with E-state index in [4.69, 9.17) is 4.74 Å². The maximum atomic E-state index is 14.3. The largest absolute Gasteiger partial charge is 0.467 e. The van der Waals surface area contributed by atoms with Gasteiger partial charge in [0.25, 0.3) is 0 Å². The highest BCUT2D eigenvalue weighted by atomic mass is 19.1. The zero-order valence-electron chi connectivity index (χ0n) is 15.3. The van der Waals surface area contributed by atoms with Gasteiger partial charge in [0.1, 0.15) is 11.9 Å². The molecule has 5 rings (SSSR count). The second kappa shape index (κ2) is 6.70. The molecule has 3 heterocycles. The van der Waals surface area contributed by atoms with Gasteiger partial charge in [-0.3, -0.25) is 0 Å². The van der Waals surface area contributed by atoms with E-state index in [-0.39, 0.29) is 11.9 Å². The molecule has 0 amide bonds. The number of aromatic amines is 1. The Labute approximate surface area is 160 Å². The Balaban J connectivity index is 1.62. The zero-order valence-corrected chi connectivity index (χ0v) is 15.3. The standard InChI is InChI=1S/C20H19FN6O/c1-12(17-10-22-11-23-17)28-20-15(13-5-4-6-13)9-18-24-25-19(27(18)26-20)14-7-2-3-8-16(14)21/h2-3,7-13H,4-6H2,1H3,(H,22,23). The molecule has 8 heteroatoms. The Morgan fingerprint density at radius 3 is 2.82 bits per heavy atom. The van der Waals surface area contributed by atoms with Crippen molar-refractivity contribution < 1.29 is 9.13 Å². The minimum atomic E-state index is -0.367. The monoisotopic (exact) mass is 378 g/mol. The molecule has 1 aromatic carbocycles. The number of ether oxygens (including phenoxy) is 1. The predicted molar refractivity (Wildman–Crippen MR) is 100 cm³/mol. The molecule has 0 bridgehead atoms. The Morgan fingerprint density at radius 1 is 1.25 bits per heavy atom. The highest BCUT2D eigenvalue weighted by molar-refractivity contribution is 5.60. The Bertz CT molecular complexity index is 1120. The number of hydrogen-bond donors (Lipinski definition) is 1. The van der Waals surface area contributed by atoms with Crippen molar-refractivity contribution in [1.29, 1.82) is 0 Å². The summed E-state index contributed by atoms with van der Waals surface area (Å²) in [5, 5.41) is 13.1. The van der Waals surface area contributed by atoms with Crippen molar-refractivity contribution in [2.45, 2.75) is 38.2 Å². The Hall–Kier alpha value is -3.29. The van der Waals surface area contributed by atoms with Gasteiger partial charge in [-0.05, 0) is 43.9 Å². The maximum Gasteiger partial charge on any atom is 0.236 e. The van der Waals surface area contributed by atoms with E-state index in [1.54, 1.807) is 35.2 Å². The quantitative estimate of drug-likeness (QED) is 0.566. The maximum absolute atomic E-state index is 14.3. The third-order valence-corrected chi connectivity index (χ3v) is 5.27. The summed E-state index contributed by atoms with van der Waals surface area (Å²) < 4.78 is 22.0. The van der Waals surface area contributed by atoms with Crippen molar-refractivity contribution in [1.82, 2.24) is 29.8 Å². The lowest BCUT2D eigenvalue weighted by Crippen LogP contribution is -2.15. The number of rotatable bonds is 5. The lowest BCUT2D eigenvalue weighted by atomic mass is 9.80. The van der Waals surface area contributed by atoms with E-state index in [1.807, 2.05) is 13.0 Å². The van der Waals surface area contributed by atoms with Crippen LogP contribution in [0.15, 0.2) is 42.9 Å². The van der Waals surface area contributed by atoms with Crippen molar-refractivity contribution in [3.63, 3.8) is 0 Å². The highest BCUT2D eigenvalue weighted by Crippen LogP contribution is 2.41. The van der Waals surface area contributed by atoms with E-state index < -0.39 is 0 Å². The number of hydrogen-bond acceptors (Lipinski definition) is 5. The molecule has 3 aromatic heterocycles. The first-order valence-electron chi connectivity index (χ1n) is 9.37. The fraction of sp³-hybridized carbons (Fsp3) is 0.300. The lowest BCUT2D eigenvalue weighted by molar-refractivity contribution is 0.203. The van der Waals surface area contributed by atoms with E-state index in [0.29, 0.717) is 28.8 Å². The summed E-state index contributed by atoms with van der Waals surface area (Å²) in [6.07, 6.45) is 6.53. The molecule has 1 saturated carbocycles. The van der Waals surface area contributed by atoms with Crippen molar-refractivity contribution in [2.24, 2.45) is 0 Å². The molecule has 1 atom stereocenters. The van der Waals surface area contributed by atoms with Crippen LogP contribution in [0.25, 0.3) is 17.0 Å². The van der Waals surface area contributed by atoms with Crippen molar-refractivity contribution >= 4 is 5.65 Å². The summed E-state index contributed by atoms with van der Waals surface area (Å²) in [4.78, 5) is 7.20. The second-order valence-corrected chi connectivity index (χ2v) is 7.06. The number of benzene rings is 1. The molecule has 1 fully saturated rings. The molecule has 1 aliphatic carbocycles. The first-order valence-corrected chi connectivity index (χ1v) is 9.37. The summed E-state index contributed by atoms with van der Waals surface area (Å²) in [6.45, 7) is 1.93. The number of nitrogens with one attached hydrogen (secondary N) is 1. The fourth-order valence-electron chi connectivity index (χ4n) is 3.47. The Kier molecular flexibility index (Phi) is 4.03. The smallest absolute Gasteiger partial charge is 0.236 e. The van der Waals surface area contributed by atoms with Crippen LogP contribution < -0.4 is 4.74 Å². The minimum Gasteiger partial charge on any atom is -0.467 e. The van der Waals surface area contributed by atoms with Crippen LogP contribution in [0.3, 0.4) is 0 Å². The minimum absolute atomic E-state index is 0.275. The first-order chi connectivity index (χ1) is 13.7. The van der Waals surface area contributed by atoms with Gasteiger partial charge in [-0.1, -0.05) is 18.6 Å². The number of aromatic nitrogens is 6. The van der Waals surface area contributed by atoms with Crippen molar-refractivity contribution in [3.05, 3.63) is 59.9 Å². The fourth-order valence-corrected chi connectivity index (χ4v) is 3.47. The van der Waals surface area contributed by atoms with Gasteiger partial charge in [0, 0.05) is 11.8 Å². The first kappa shape index (κ1) is 16.9. The zero-order chi connectivity index (χ0) is 19.1. The van der Waals surface area contributed by atoms with E-state index in [9.17, 15) is 4.39 Å². The SMILES string of the molecule is CC(Oc1nn2c(-c3ccccc3F)nnc2cc1C1CCC1)c1c[nH]cn1. The van der Waals surface area contributed by atoms with Crippen LogP contribution in [-0.4, -0.2) is 29.8 Å². The van der Waals surface area contributed by atoms with Gasteiger partial charge >= 0.3 is 0 Å². The highest BCUT2D eigenvalue weighted by Gasteiger charge is 2.27. The third kappa shape index (κ3) is 2.81. The van der Waals surface area contributed by atoms with E-state index in [0.717, 1.165) is 24.1 Å². The number of H-pyrrole nitrogens is 1. The summed E-state index contributed by atoms with van der Waals surface area (Å²) >= 11 is 0. The van der Waals surface area contributed by atoms with Gasteiger partial charge in [-0.15, -0.1) is 15.3 Å². The summed E-state index contributed by atoms with van der Waals surface area (Å²) in [7, 11) is 0. The predicted octanol–water partition coefficient (Wildman–Crippen LogP) is 4.06. The van der Waals surface area contributed by atoms with Crippen LogP contribution in [0.5, 0.6) is 5.88 Å². The molecule has 4 aromatic rings.